The summed E-state index contributed by atoms with van der Waals surface area (Å²) in [6.45, 7) is 2.09. The summed E-state index contributed by atoms with van der Waals surface area (Å²) in [7, 11) is 0. The third-order valence-electron chi connectivity index (χ3n) is 3.96. The number of carbonyl (C=O) groups excluding carboxylic acids is 1. The van der Waals surface area contributed by atoms with Crippen molar-refractivity contribution in [1.29, 1.82) is 5.26 Å². The van der Waals surface area contributed by atoms with Crippen molar-refractivity contribution >= 4 is 17.4 Å². The molecule has 0 bridgehead atoms. The van der Waals surface area contributed by atoms with Crippen molar-refractivity contribution in [1.82, 2.24) is 4.98 Å². The predicted octanol–water partition coefficient (Wildman–Crippen LogP) is 3.20. The van der Waals surface area contributed by atoms with Crippen molar-refractivity contribution < 1.29 is 4.79 Å². The summed E-state index contributed by atoms with van der Waals surface area (Å²) in [5, 5.41) is 11.6. The maximum absolute atomic E-state index is 12.2. The number of aromatic nitrogens is 1. The van der Waals surface area contributed by atoms with Crippen LogP contribution in [-0.4, -0.2) is 24.0 Å². The lowest BCUT2D eigenvalue weighted by molar-refractivity contribution is 0.102. The highest BCUT2D eigenvalue weighted by atomic mass is 16.1. The zero-order chi connectivity index (χ0) is 16.1. The summed E-state index contributed by atoms with van der Waals surface area (Å²) in [4.78, 5) is 18.9. The highest BCUT2D eigenvalue weighted by Gasteiger charge is 2.12. The minimum Gasteiger partial charge on any atom is -0.357 e. The lowest BCUT2D eigenvalue weighted by Crippen LogP contribution is -2.30. The summed E-state index contributed by atoms with van der Waals surface area (Å²) in [6.07, 6.45) is 5.39. The van der Waals surface area contributed by atoms with Gasteiger partial charge in [-0.1, -0.05) is 0 Å². The fourth-order valence-electron chi connectivity index (χ4n) is 2.67. The first-order valence-electron chi connectivity index (χ1n) is 7.79. The maximum Gasteiger partial charge on any atom is 0.255 e. The molecule has 116 valence electrons. The predicted molar refractivity (Wildman–Crippen MR) is 89.4 cm³/mol. The molecule has 23 heavy (non-hydrogen) atoms. The van der Waals surface area contributed by atoms with Gasteiger partial charge in [0.15, 0.2) is 0 Å². The standard InChI is InChI=1S/C18H18N4O/c19-12-14-4-6-15(7-5-14)18(23)21-16-8-9-17(20-13-16)22-10-2-1-3-11-22/h4-9,13H,1-3,10-11H2,(H,21,23). The van der Waals surface area contributed by atoms with Gasteiger partial charge in [-0.25, -0.2) is 4.98 Å². The second-order valence-corrected chi connectivity index (χ2v) is 5.60. The molecule has 0 aliphatic carbocycles. The van der Waals surface area contributed by atoms with Gasteiger partial charge in [0.25, 0.3) is 5.91 Å². The SMILES string of the molecule is N#Cc1ccc(C(=O)Nc2ccc(N3CCCCC3)nc2)cc1. The maximum atomic E-state index is 12.2. The van der Waals surface area contributed by atoms with Crippen LogP contribution in [0.1, 0.15) is 35.2 Å². The number of nitrogens with one attached hydrogen (secondary N) is 1. The van der Waals surface area contributed by atoms with E-state index in [0.717, 1.165) is 18.9 Å². The van der Waals surface area contributed by atoms with Crippen LogP contribution in [0.5, 0.6) is 0 Å². The lowest BCUT2D eigenvalue weighted by atomic mass is 10.1. The molecular formula is C18H18N4O. The van der Waals surface area contributed by atoms with Crippen LogP contribution in [0, 0.1) is 11.3 Å². The Hall–Kier alpha value is -2.87. The number of hydrogen-bond acceptors (Lipinski definition) is 4. The highest BCUT2D eigenvalue weighted by Crippen LogP contribution is 2.19. The quantitative estimate of drug-likeness (QED) is 0.945. The van der Waals surface area contributed by atoms with Gasteiger partial charge in [-0.05, 0) is 55.7 Å². The molecule has 2 aromatic rings. The Labute approximate surface area is 135 Å². The van der Waals surface area contributed by atoms with Crippen LogP contribution in [0.25, 0.3) is 0 Å². The first-order valence-corrected chi connectivity index (χ1v) is 7.79. The molecular weight excluding hydrogens is 288 g/mol. The van der Waals surface area contributed by atoms with Crippen LogP contribution < -0.4 is 10.2 Å². The van der Waals surface area contributed by atoms with Gasteiger partial charge in [0, 0.05) is 18.7 Å². The molecule has 1 amide bonds. The largest absolute Gasteiger partial charge is 0.357 e. The molecule has 5 nitrogen and oxygen atoms in total. The minimum absolute atomic E-state index is 0.206. The monoisotopic (exact) mass is 306 g/mol. The number of piperidine rings is 1. The van der Waals surface area contributed by atoms with E-state index in [4.69, 9.17) is 5.26 Å². The van der Waals surface area contributed by atoms with Gasteiger partial charge >= 0.3 is 0 Å². The minimum atomic E-state index is -0.206. The van der Waals surface area contributed by atoms with Gasteiger partial charge in [0.2, 0.25) is 0 Å². The van der Waals surface area contributed by atoms with Crippen LogP contribution in [-0.2, 0) is 0 Å². The number of pyridine rings is 1. The van der Waals surface area contributed by atoms with Crippen molar-refractivity contribution in [3.05, 3.63) is 53.7 Å². The average molecular weight is 306 g/mol. The van der Waals surface area contributed by atoms with Crippen LogP contribution in [0.4, 0.5) is 11.5 Å². The molecule has 1 aliphatic rings. The van der Waals surface area contributed by atoms with Gasteiger partial charge in [-0.3, -0.25) is 4.79 Å². The molecule has 3 rings (SSSR count). The molecule has 0 radical (unpaired) electrons. The van der Waals surface area contributed by atoms with Crippen LogP contribution in [0.3, 0.4) is 0 Å². The molecule has 0 saturated carbocycles. The Morgan fingerprint density at radius 1 is 1.09 bits per heavy atom. The van der Waals surface area contributed by atoms with E-state index in [1.807, 2.05) is 18.2 Å². The average Bonchev–Trinajstić information content (AvgIpc) is 2.63. The van der Waals surface area contributed by atoms with E-state index in [-0.39, 0.29) is 5.91 Å². The Bertz CT molecular complexity index is 710. The van der Waals surface area contributed by atoms with E-state index >= 15 is 0 Å². The molecule has 1 aromatic carbocycles. The molecule has 1 fully saturated rings. The van der Waals surface area contributed by atoms with E-state index in [9.17, 15) is 4.79 Å². The summed E-state index contributed by atoms with van der Waals surface area (Å²) in [5.74, 6) is 0.753. The molecule has 1 aliphatic heterocycles. The topological polar surface area (TPSA) is 69.0 Å². The number of nitrogens with zero attached hydrogens (tertiary/aromatic N) is 3. The van der Waals surface area contributed by atoms with E-state index in [2.05, 4.69) is 15.2 Å². The Morgan fingerprint density at radius 3 is 2.43 bits per heavy atom. The normalized spacial score (nSPS) is 14.1. The van der Waals surface area contributed by atoms with E-state index < -0.39 is 0 Å². The number of anilines is 2. The van der Waals surface area contributed by atoms with Crippen molar-refractivity contribution in [2.24, 2.45) is 0 Å². The van der Waals surface area contributed by atoms with Crippen molar-refractivity contribution in [3.63, 3.8) is 0 Å². The molecule has 1 aromatic heterocycles. The van der Waals surface area contributed by atoms with Gasteiger partial charge in [0.05, 0.1) is 23.5 Å². The summed E-state index contributed by atoms with van der Waals surface area (Å²) >= 11 is 0. The van der Waals surface area contributed by atoms with Gasteiger partial charge in [-0.2, -0.15) is 5.26 Å². The van der Waals surface area contributed by atoms with E-state index in [1.165, 1.54) is 19.3 Å². The molecule has 5 heteroatoms. The smallest absolute Gasteiger partial charge is 0.255 e. The third kappa shape index (κ3) is 3.67. The molecule has 0 atom stereocenters. The zero-order valence-electron chi connectivity index (χ0n) is 12.8. The molecule has 1 N–H and O–H groups in total. The molecule has 2 heterocycles. The number of hydrogen-bond donors (Lipinski definition) is 1. The van der Waals surface area contributed by atoms with Crippen LogP contribution in [0.2, 0.25) is 0 Å². The number of benzene rings is 1. The van der Waals surface area contributed by atoms with Gasteiger partial charge in [-0.15, -0.1) is 0 Å². The van der Waals surface area contributed by atoms with Gasteiger partial charge in [0.1, 0.15) is 5.82 Å². The molecule has 0 spiro atoms. The van der Waals surface area contributed by atoms with Crippen molar-refractivity contribution in [2.45, 2.75) is 19.3 Å². The number of amides is 1. The number of carbonyl (C=O) groups is 1. The fraction of sp³-hybridized carbons (Fsp3) is 0.278. The first kappa shape index (κ1) is 15.0. The molecule has 0 unspecified atom stereocenters. The first-order chi connectivity index (χ1) is 11.3. The second-order valence-electron chi connectivity index (χ2n) is 5.60. The summed E-state index contributed by atoms with van der Waals surface area (Å²) < 4.78 is 0. The lowest BCUT2D eigenvalue weighted by Gasteiger charge is -2.27. The van der Waals surface area contributed by atoms with Crippen molar-refractivity contribution in [3.8, 4) is 6.07 Å². The van der Waals surface area contributed by atoms with Crippen LogP contribution >= 0.6 is 0 Å². The van der Waals surface area contributed by atoms with E-state index in [0.29, 0.717) is 16.8 Å². The number of rotatable bonds is 3. The fourth-order valence-corrected chi connectivity index (χ4v) is 2.67. The van der Waals surface area contributed by atoms with E-state index in [1.54, 1.807) is 30.5 Å². The molecule has 1 saturated heterocycles. The van der Waals surface area contributed by atoms with Gasteiger partial charge < -0.3 is 10.2 Å². The highest BCUT2D eigenvalue weighted by molar-refractivity contribution is 6.04. The summed E-state index contributed by atoms with van der Waals surface area (Å²) in [6, 6.07) is 12.4. The zero-order valence-corrected chi connectivity index (χ0v) is 12.8. The summed E-state index contributed by atoms with van der Waals surface area (Å²) in [5.41, 5.74) is 1.72. The van der Waals surface area contributed by atoms with Crippen LogP contribution in [0.15, 0.2) is 42.6 Å². The van der Waals surface area contributed by atoms with Crippen molar-refractivity contribution in [2.75, 3.05) is 23.3 Å². The Kier molecular flexibility index (Phi) is 4.53. The third-order valence-corrected chi connectivity index (χ3v) is 3.96. The Balaban J connectivity index is 1.65. The second kappa shape index (κ2) is 6.93. The Morgan fingerprint density at radius 2 is 1.83 bits per heavy atom. The number of nitriles is 1.